The van der Waals surface area contributed by atoms with Gasteiger partial charge in [0.2, 0.25) is 0 Å². The maximum Gasteiger partial charge on any atom is 0.272 e. The van der Waals surface area contributed by atoms with Crippen molar-refractivity contribution < 1.29 is 18.5 Å². The number of rotatable bonds is 7. The Bertz CT molecular complexity index is 1020. The molecule has 0 saturated carbocycles. The number of morpholine rings is 1. The molecule has 3 aliphatic rings. The predicted octanol–water partition coefficient (Wildman–Crippen LogP) is 2.22. The molecule has 3 aliphatic heterocycles. The molecule has 1 aromatic heterocycles. The third kappa shape index (κ3) is 6.80. The molecule has 36 heavy (non-hydrogen) atoms. The topological polar surface area (TPSA) is 91.0 Å². The Labute approximate surface area is 216 Å². The smallest absolute Gasteiger partial charge is 0.272 e. The number of H-pyrrole nitrogens is 1. The molecule has 0 aliphatic carbocycles. The number of nitrogens with zero attached hydrogens (tertiary/aromatic N) is 4. The van der Waals surface area contributed by atoms with Gasteiger partial charge in [-0.3, -0.25) is 14.1 Å². The molecule has 4 heterocycles. The summed E-state index contributed by atoms with van der Waals surface area (Å²) in [5.74, 6) is 0.238. The normalized spacial score (nSPS) is 19.9. The molecule has 198 valence electrons. The van der Waals surface area contributed by atoms with Gasteiger partial charge in [0.05, 0.1) is 42.1 Å². The lowest BCUT2D eigenvalue weighted by Gasteiger charge is -2.28. The summed E-state index contributed by atoms with van der Waals surface area (Å²) in [4.78, 5) is 20.1. The van der Waals surface area contributed by atoms with E-state index in [-0.39, 0.29) is 5.91 Å². The largest absolute Gasteiger partial charge is 0.383 e. The summed E-state index contributed by atoms with van der Waals surface area (Å²) in [5, 5.41) is 7.17. The van der Waals surface area contributed by atoms with Crippen LogP contribution < -0.4 is 0 Å². The number of likely N-dealkylation sites (N-methyl/N-ethyl adjacent to an activating group) is 1. The molecule has 9 nitrogen and oxygen atoms in total. The number of benzene rings is 1. The Kier molecular flexibility index (Phi) is 10.1. The summed E-state index contributed by atoms with van der Waals surface area (Å²) < 4.78 is 22.7. The first-order chi connectivity index (χ1) is 17.6. The number of piperidine rings is 1. The minimum atomic E-state index is -1.14. The molecule has 1 unspecified atom stereocenters. The molecular formula is C26H39N5O4S. The lowest BCUT2D eigenvalue weighted by Crippen LogP contribution is -2.41. The fourth-order valence-corrected chi connectivity index (χ4v) is 6.09. The van der Waals surface area contributed by atoms with Crippen LogP contribution in [0.3, 0.4) is 0 Å². The van der Waals surface area contributed by atoms with Crippen molar-refractivity contribution >= 4 is 16.7 Å². The third-order valence-corrected chi connectivity index (χ3v) is 8.36. The van der Waals surface area contributed by atoms with Gasteiger partial charge in [-0.15, -0.1) is 0 Å². The standard InChI is InChI=1S/C15H15N3O3S.C11H24N2O/c19-15(18-5-7-21-8-6-18)14-11-9-22(20)12-4-2-1-3-10(12)13(11)16-17-14;1-12(10-11-14-2)8-9-13-6-4-3-5-7-13/h1-4H,5-9H2,(H,16,17);3-11H2,1-2H3. The van der Waals surface area contributed by atoms with E-state index in [4.69, 9.17) is 9.47 Å². The minimum absolute atomic E-state index is 0.0894. The number of hydrogen-bond donors (Lipinski definition) is 1. The first-order valence-electron chi connectivity index (χ1n) is 12.9. The SMILES string of the molecule is COCCN(C)CCN1CCCCC1.O=C(c1[nH]nc2c1CS(=O)c1ccccc1-2)N1CCOCC1. The van der Waals surface area contributed by atoms with Gasteiger partial charge in [0.1, 0.15) is 5.69 Å². The minimum Gasteiger partial charge on any atom is -0.383 e. The number of carbonyl (C=O) groups excluding carboxylic acids is 1. The van der Waals surface area contributed by atoms with Gasteiger partial charge in [0.15, 0.2) is 0 Å². The quantitative estimate of drug-likeness (QED) is 0.602. The van der Waals surface area contributed by atoms with Crippen LogP contribution in [0.1, 0.15) is 35.3 Å². The van der Waals surface area contributed by atoms with Crippen molar-refractivity contribution in [3.05, 3.63) is 35.5 Å². The molecule has 1 N–H and O–H groups in total. The van der Waals surface area contributed by atoms with Gasteiger partial charge in [-0.05, 0) is 39.0 Å². The fraction of sp³-hybridized carbons (Fsp3) is 0.615. The second kappa shape index (κ2) is 13.4. The summed E-state index contributed by atoms with van der Waals surface area (Å²) in [5.41, 5.74) is 2.81. The van der Waals surface area contributed by atoms with Gasteiger partial charge in [0.25, 0.3) is 5.91 Å². The van der Waals surface area contributed by atoms with Crippen LogP contribution in [-0.2, 0) is 26.0 Å². The maximum absolute atomic E-state index is 12.7. The molecule has 2 aromatic rings. The Morgan fingerprint density at radius 2 is 1.89 bits per heavy atom. The highest BCUT2D eigenvalue weighted by Gasteiger charge is 2.31. The summed E-state index contributed by atoms with van der Waals surface area (Å²) in [6, 6.07) is 7.51. The van der Waals surface area contributed by atoms with Gasteiger partial charge in [-0.1, -0.05) is 24.6 Å². The zero-order valence-corrected chi connectivity index (χ0v) is 22.4. The molecule has 5 rings (SSSR count). The first kappa shape index (κ1) is 26.9. The molecule has 2 saturated heterocycles. The number of fused-ring (bicyclic) bond motifs is 3. The predicted molar refractivity (Wildman–Crippen MR) is 141 cm³/mol. The number of amides is 1. The van der Waals surface area contributed by atoms with E-state index in [1.54, 1.807) is 12.0 Å². The van der Waals surface area contributed by atoms with E-state index in [0.29, 0.717) is 37.8 Å². The van der Waals surface area contributed by atoms with Crippen LogP contribution in [0.25, 0.3) is 11.3 Å². The lowest BCUT2D eigenvalue weighted by molar-refractivity contribution is 0.0298. The molecule has 1 atom stereocenters. The van der Waals surface area contributed by atoms with Crippen molar-refractivity contribution in [2.45, 2.75) is 29.9 Å². The van der Waals surface area contributed by atoms with Gasteiger partial charge in [0, 0.05) is 55.9 Å². The number of carbonyl (C=O) groups is 1. The Balaban J connectivity index is 0.000000189. The van der Waals surface area contributed by atoms with Crippen molar-refractivity contribution in [2.24, 2.45) is 0 Å². The third-order valence-electron chi connectivity index (χ3n) is 6.97. The average Bonchev–Trinajstić information content (AvgIpc) is 3.36. The summed E-state index contributed by atoms with van der Waals surface area (Å²) in [6.45, 7) is 9.15. The van der Waals surface area contributed by atoms with Gasteiger partial charge < -0.3 is 24.2 Å². The highest BCUT2D eigenvalue weighted by molar-refractivity contribution is 7.84. The van der Waals surface area contributed by atoms with Gasteiger partial charge in [-0.25, -0.2) is 0 Å². The highest BCUT2D eigenvalue weighted by atomic mass is 32.2. The van der Waals surface area contributed by atoms with Gasteiger partial charge in [-0.2, -0.15) is 5.10 Å². The van der Waals surface area contributed by atoms with Gasteiger partial charge >= 0.3 is 0 Å². The monoisotopic (exact) mass is 517 g/mol. The van der Waals surface area contributed by atoms with Crippen molar-refractivity contribution in [2.75, 3.05) is 79.8 Å². The van der Waals surface area contributed by atoms with Crippen molar-refractivity contribution in [3.63, 3.8) is 0 Å². The molecule has 2 fully saturated rings. The number of ether oxygens (including phenoxy) is 2. The number of methoxy groups -OCH3 is 1. The van der Waals surface area contributed by atoms with Crippen molar-refractivity contribution in [3.8, 4) is 11.3 Å². The first-order valence-corrected chi connectivity index (χ1v) is 14.2. The van der Waals surface area contributed by atoms with Crippen LogP contribution in [0.2, 0.25) is 0 Å². The molecular weight excluding hydrogens is 478 g/mol. The highest BCUT2D eigenvalue weighted by Crippen LogP contribution is 2.36. The number of aromatic amines is 1. The van der Waals surface area contributed by atoms with Crippen LogP contribution in [0, 0.1) is 0 Å². The summed E-state index contributed by atoms with van der Waals surface area (Å²) >= 11 is 0. The number of likely N-dealkylation sites (tertiary alicyclic amines) is 1. The van der Waals surface area contributed by atoms with Crippen LogP contribution in [0.4, 0.5) is 0 Å². The van der Waals surface area contributed by atoms with E-state index in [1.165, 1.54) is 45.4 Å². The summed E-state index contributed by atoms with van der Waals surface area (Å²) in [7, 11) is 2.79. The molecule has 0 radical (unpaired) electrons. The zero-order valence-electron chi connectivity index (χ0n) is 21.5. The van der Waals surface area contributed by atoms with E-state index < -0.39 is 10.8 Å². The second-order valence-electron chi connectivity index (χ2n) is 9.51. The number of nitrogens with one attached hydrogen (secondary N) is 1. The van der Waals surface area contributed by atoms with E-state index >= 15 is 0 Å². The van der Waals surface area contributed by atoms with Crippen molar-refractivity contribution in [1.29, 1.82) is 0 Å². The average molecular weight is 518 g/mol. The van der Waals surface area contributed by atoms with E-state index in [1.807, 2.05) is 24.3 Å². The Morgan fingerprint density at radius 1 is 1.14 bits per heavy atom. The zero-order chi connectivity index (χ0) is 25.3. The maximum atomic E-state index is 12.7. The second-order valence-corrected chi connectivity index (χ2v) is 10.9. The molecule has 10 heteroatoms. The van der Waals surface area contributed by atoms with E-state index in [0.717, 1.165) is 34.9 Å². The van der Waals surface area contributed by atoms with Crippen LogP contribution in [0.15, 0.2) is 29.2 Å². The molecule has 1 aromatic carbocycles. The van der Waals surface area contributed by atoms with E-state index in [9.17, 15) is 9.00 Å². The van der Waals surface area contributed by atoms with Crippen LogP contribution in [0.5, 0.6) is 0 Å². The Morgan fingerprint density at radius 3 is 2.64 bits per heavy atom. The molecule has 0 bridgehead atoms. The summed E-state index contributed by atoms with van der Waals surface area (Å²) in [6.07, 6.45) is 4.21. The number of hydrogen-bond acceptors (Lipinski definition) is 7. The van der Waals surface area contributed by atoms with E-state index in [2.05, 4.69) is 27.0 Å². The Hall–Kier alpha value is -2.11. The van der Waals surface area contributed by atoms with Crippen molar-refractivity contribution in [1.82, 2.24) is 24.9 Å². The molecule has 0 spiro atoms. The fourth-order valence-electron chi connectivity index (χ4n) is 4.75. The van der Waals surface area contributed by atoms with Crippen LogP contribution in [-0.4, -0.2) is 115 Å². The number of aromatic nitrogens is 2. The molecule has 1 amide bonds. The lowest BCUT2D eigenvalue weighted by atomic mass is 10.1. The van der Waals surface area contributed by atoms with Crippen LogP contribution >= 0.6 is 0 Å².